The summed E-state index contributed by atoms with van der Waals surface area (Å²) < 4.78 is 4.14. The third kappa shape index (κ3) is 2.84. The number of rotatable bonds is 3. The summed E-state index contributed by atoms with van der Waals surface area (Å²) in [5.41, 5.74) is 3.75. The average molecular weight is 336 g/mol. The first-order valence-electron chi connectivity index (χ1n) is 9.06. The van der Waals surface area contributed by atoms with Crippen LogP contribution in [0.25, 0.3) is 11.0 Å². The number of nitrogens with zero attached hydrogens (tertiary/aromatic N) is 3. The molecule has 1 aliphatic carbocycles. The smallest absolute Gasteiger partial charge is 0.274 e. The zero-order valence-corrected chi connectivity index (χ0v) is 14.8. The fraction of sp³-hybridized carbons (Fsp3) is 0.400. The normalized spacial score (nSPS) is 15.6. The zero-order chi connectivity index (χ0) is 17.4. The molecule has 2 heterocycles. The SMILES string of the molecule is Cc1ccc(C(=O)Nc2nc3ccccc3n2C2CCCCC2)n1C. The van der Waals surface area contributed by atoms with E-state index in [0.29, 0.717) is 17.7 Å². The number of aromatic nitrogens is 3. The van der Waals surface area contributed by atoms with Gasteiger partial charge in [-0.15, -0.1) is 0 Å². The molecule has 1 aromatic carbocycles. The van der Waals surface area contributed by atoms with Gasteiger partial charge in [-0.1, -0.05) is 31.4 Å². The molecule has 4 rings (SSSR count). The van der Waals surface area contributed by atoms with E-state index in [1.54, 1.807) is 0 Å². The van der Waals surface area contributed by atoms with Crippen molar-refractivity contribution in [1.29, 1.82) is 0 Å². The molecule has 0 radical (unpaired) electrons. The summed E-state index contributed by atoms with van der Waals surface area (Å²) in [5, 5.41) is 3.06. The Kier molecular flexibility index (Phi) is 4.07. The minimum absolute atomic E-state index is 0.108. The predicted octanol–water partition coefficient (Wildman–Crippen LogP) is 4.44. The van der Waals surface area contributed by atoms with Crippen molar-refractivity contribution in [1.82, 2.24) is 14.1 Å². The second-order valence-corrected chi connectivity index (χ2v) is 6.96. The van der Waals surface area contributed by atoms with Crippen LogP contribution in [0.2, 0.25) is 0 Å². The van der Waals surface area contributed by atoms with Crippen molar-refractivity contribution in [2.45, 2.75) is 45.1 Å². The maximum Gasteiger partial charge on any atom is 0.274 e. The van der Waals surface area contributed by atoms with Crippen molar-refractivity contribution in [3.8, 4) is 0 Å². The molecule has 0 aliphatic heterocycles. The van der Waals surface area contributed by atoms with E-state index >= 15 is 0 Å². The molecule has 1 amide bonds. The second kappa shape index (κ2) is 6.39. The number of carbonyl (C=O) groups excluding carboxylic acids is 1. The fourth-order valence-corrected chi connectivity index (χ4v) is 3.85. The summed E-state index contributed by atoms with van der Waals surface area (Å²) in [6, 6.07) is 12.4. The monoisotopic (exact) mass is 336 g/mol. The van der Waals surface area contributed by atoms with Crippen LogP contribution in [0.5, 0.6) is 0 Å². The Hall–Kier alpha value is -2.56. The molecule has 0 saturated heterocycles. The molecule has 3 aromatic rings. The van der Waals surface area contributed by atoms with Crippen LogP contribution in [0.4, 0.5) is 5.95 Å². The molecule has 5 nitrogen and oxygen atoms in total. The van der Waals surface area contributed by atoms with Crippen LogP contribution < -0.4 is 5.32 Å². The van der Waals surface area contributed by atoms with Gasteiger partial charge in [0.15, 0.2) is 0 Å². The quantitative estimate of drug-likeness (QED) is 0.769. The number of amides is 1. The van der Waals surface area contributed by atoms with Crippen molar-refractivity contribution >= 4 is 22.9 Å². The molecule has 0 atom stereocenters. The van der Waals surface area contributed by atoms with Gasteiger partial charge in [0, 0.05) is 18.8 Å². The minimum Gasteiger partial charge on any atom is -0.344 e. The van der Waals surface area contributed by atoms with Crippen LogP contribution in [0.15, 0.2) is 36.4 Å². The Labute approximate surface area is 147 Å². The molecule has 2 aromatic heterocycles. The fourth-order valence-electron chi connectivity index (χ4n) is 3.85. The molecule has 0 spiro atoms. The number of para-hydroxylation sites is 2. The molecule has 5 heteroatoms. The van der Waals surface area contributed by atoms with Crippen LogP contribution in [0.3, 0.4) is 0 Å². The predicted molar refractivity (Wildman–Crippen MR) is 100.0 cm³/mol. The van der Waals surface area contributed by atoms with Crippen molar-refractivity contribution in [3.63, 3.8) is 0 Å². The highest BCUT2D eigenvalue weighted by Gasteiger charge is 2.23. The molecule has 0 bridgehead atoms. The van der Waals surface area contributed by atoms with Gasteiger partial charge in [0.05, 0.1) is 11.0 Å². The van der Waals surface area contributed by atoms with E-state index in [9.17, 15) is 4.79 Å². The molecule has 25 heavy (non-hydrogen) atoms. The highest BCUT2D eigenvalue weighted by atomic mass is 16.2. The number of imidazole rings is 1. The first-order valence-corrected chi connectivity index (χ1v) is 9.06. The van der Waals surface area contributed by atoms with E-state index in [-0.39, 0.29) is 5.91 Å². The largest absolute Gasteiger partial charge is 0.344 e. The molecule has 1 saturated carbocycles. The van der Waals surface area contributed by atoms with Gasteiger partial charge in [0.25, 0.3) is 5.91 Å². The van der Waals surface area contributed by atoms with Crippen molar-refractivity contribution in [2.75, 3.05) is 5.32 Å². The van der Waals surface area contributed by atoms with Crippen LogP contribution in [0.1, 0.15) is 54.3 Å². The Morgan fingerprint density at radius 3 is 2.60 bits per heavy atom. The topological polar surface area (TPSA) is 51.9 Å². The Bertz CT molecular complexity index is 915. The van der Waals surface area contributed by atoms with Gasteiger partial charge < -0.3 is 9.13 Å². The van der Waals surface area contributed by atoms with Gasteiger partial charge in [-0.2, -0.15) is 0 Å². The molecule has 1 aliphatic rings. The number of hydrogen-bond donors (Lipinski definition) is 1. The average Bonchev–Trinajstić information content (AvgIpc) is 3.16. The standard InChI is InChI=1S/C20H24N4O/c1-14-12-13-18(23(14)2)19(25)22-20-21-16-10-6-7-11-17(16)24(20)15-8-4-3-5-9-15/h6-7,10-13,15H,3-5,8-9H2,1-2H3,(H,21,22,25). The van der Waals surface area contributed by atoms with Crippen LogP contribution in [-0.2, 0) is 7.05 Å². The number of hydrogen-bond acceptors (Lipinski definition) is 2. The van der Waals surface area contributed by atoms with E-state index in [1.165, 1.54) is 19.3 Å². The highest BCUT2D eigenvalue weighted by molar-refractivity contribution is 6.03. The molecule has 1 N–H and O–H groups in total. The van der Waals surface area contributed by atoms with Crippen molar-refractivity contribution in [3.05, 3.63) is 47.8 Å². The molecule has 130 valence electrons. The van der Waals surface area contributed by atoms with E-state index in [2.05, 4.69) is 16.0 Å². The van der Waals surface area contributed by atoms with Gasteiger partial charge in [0.1, 0.15) is 5.69 Å². The van der Waals surface area contributed by atoms with E-state index in [0.717, 1.165) is 29.6 Å². The van der Waals surface area contributed by atoms with Crippen LogP contribution in [0, 0.1) is 6.92 Å². The molecule has 1 fully saturated rings. The van der Waals surface area contributed by atoms with Gasteiger partial charge in [-0.05, 0) is 44.0 Å². The molecule has 0 unspecified atom stereocenters. The zero-order valence-electron chi connectivity index (χ0n) is 14.8. The van der Waals surface area contributed by atoms with Crippen molar-refractivity contribution < 1.29 is 4.79 Å². The highest BCUT2D eigenvalue weighted by Crippen LogP contribution is 2.34. The number of aryl methyl sites for hydroxylation is 1. The summed E-state index contributed by atoms with van der Waals surface area (Å²) in [6.45, 7) is 1.99. The molecular weight excluding hydrogens is 312 g/mol. The van der Waals surface area contributed by atoms with Crippen LogP contribution in [-0.4, -0.2) is 20.0 Å². The van der Waals surface area contributed by atoms with E-state index in [4.69, 9.17) is 4.98 Å². The lowest BCUT2D eigenvalue weighted by Crippen LogP contribution is -2.21. The third-order valence-corrected chi connectivity index (χ3v) is 5.37. The number of anilines is 1. The summed E-state index contributed by atoms with van der Waals surface area (Å²) in [6.07, 6.45) is 6.07. The third-order valence-electron chi connectivity index (χ3n) is 5.37. The first kappa shape index (κ1) is 15.9. The Morgan fingerprint density at radius 2 is 1.88 bits per heavy atom. The lowest BCUT2D eigenvalue weighted by molar-refractivity contribution is 0.101. The number of fused-ring (bicyclic) bond motifs is 1. The second-order valence-electron chi connectivity index (χ2n) is 6.96. The number of benzene rings is 1. The summed E-state index contributed by atoms with van der Waals surface area (Å²) in [5.74, 6) is 0.555. The van der Waals surface area contributed by atoms with Gasteiger partial charge in [-0.25, -0.2) is 4.98 Å². The lowest BCUT2D eigenvalue weighted by atomic mass is 9.95. The van der Waals surface area contributed by atoms with Crippen LogP contribution >= 0.6 is 0 Å². The number of carbonyl (C=O) groups is 1. The van der Waals surface area contributed by atoms with Crippen molar-refractivity contribution in [2.24, 2.45) is 7.05 Å². The summed E-state index contributed by atoms with van der Waals surface area (Å²) in [4.78, 5) is 17.5. The van der Waals surface area contributed by atoms with E-state index in [1.807, 2.05) is 48.9 Å². The lowest BCUT2D eigenvalue weighted by Gasteiger charge is -2.25. The molecular formula is C20H24N4O. The van der Waals surface area contributed by atoms with Gasteiger partial charge in [-0.3, -0.25) is 10.1 Å². The number of nitrogens with one attached hydrogen (secondary N) is 1. The first-order chi connectivity index (χ1) is 12.1. The van der Waals surface area contributed by atoms with Gasteiger partial charge >= 0.3 is 0 Å². The summed E-state index contributed by atoms with van der Waals surface area (Å²) in [7, 11) is 1.91. The Balaban J connectivity index is 1.73. The van der Waals surface area contributed by atoms with Gasteiger partial charge in [0.2, 0.25) is 5.95 Å². The Morgan fingerprint density at radius 1 is 1.12 bits per heavy atom. The maximum atomic E-state index is 12.8. The van der Waals surface area contributed by atoms with E-state index < -0.39 is 0 Å². The minimum atomic E-state index is -0.108. The summed E-state index contributed by atoms with van der Waals surface area (Å²) >= 11 is 0. The maximum absolute atomic E-state index is 12.8.